The second kappa shape index (κ2) is 6.47. The second-order valence-electron chi connectivity index (χ2n) is 3.95. The fourth-order valence-electron chi connectivity index (χ4n) is 1.58. The van der Waals surface area contributed by atoms with Gasteiger partial charge >= 0.3 is 0 Å². The monoisotopic (exact) mass is 279 g/mol. The number of aliphatic hydroxyl groups is 1. The minimum Gasteiger partial charge on any atom is -0.386 e. The highest BCUT2D eigenvalue weighted by atomic mass is 35.5. The number of aromatic nitrogens is 2. The first kappa shape index (κ1) is 13.7. The number of aliphatic hydroxyl groups excluding tert-OH is 1. The van der Waals surface area contributed by atoms with Gasteiger partial charge in [0.1, 0.15) is 6.10 Å². The molecule has 0 spiro atoms. The molecule has 1 heterocycles. The van der Waals surface area contributed by atoms with E-state index in [0.717, 1.165) is 11.3 Å². The summed E-state index contributed by atoms with van der Waals surface area (Å²) in [6, 6.07) is 7.35. The topological polar surface area (TPSA) is 67.3 Å². The first-order valence-electron chi connectivity index (χ1n) is 5.70. The van der Waals surface area contributed by atoms with Gasteiger partial charge in [-0.1, -0.05) is 23.7 Å². The smallest absolute Gasteiger partial charge is 0.227 e. The number of anilines is 2. The van der Waals surface area contributed by atoms with Crippen molar-refractivity contribution in [2.45, 2.75) is 6.10 Å². The first-order valence-corrected chi connectivity index (χ1v) is 6.08. The molecule has 6 heteroatoms. The molecule has 0 saturated heterocycles. The van der Waals surface area contributed by atoms with Gasteiger partial charge in [0.25, 0.3) is 0 Å². The summed E-state index contributed by atoms with van der Waals surface area (Å²) in [5, 5.41) is 13.4. The lowest BCUT2D eigenvalue weighted by Gasteiger charge is -2.11. The fourth-order valence-corrected chi connectivity index (χ4v) is 1.68. The number of benzene rings is 1. The zero-order chi connectivity index (χ0) is 13.7. The molecule has 5 nitrogen and oxygen atoms in total. The number of nitrogens with one attached hydrogen (secondary N) is 1. The van der Waals surface area contributed by atoms with E-state index in [1.165, 1.54) is 12.4 Å². The molecular weight excluding hydrogens is 266 g/mol. The zero-order valence-electron chi connectivity index (χ0n) is 10.4. The van der Waals surface area contributed by atoms with Crippen LogP contribution >= 0.6 is 11.6 Å². The maximum absolute atomic E-state index is 9.85. The van der Waals surface area contributed by atoms with Crippen LogP contribution in [0.3, 0.4) is 0 Å². The Balaban J connectivity index is 2.12. The van der Waals surface area contributed by atoms with E-state index in [0.29, 0.717) is 11.0 Å². The summed E-state index contributed by atoms with van der Waals surface area (Å²) < 4.78 is 4.92. The third kappa shape index (κ3) is 3.89. The molecule has 0 aliphatic heterocycles. The van der Waals surface area contributed by atoms with Crippen molar-refractivity contribution in [3.63, 3.8) is 0 Å². The molecule has 0 bridgehead atoms. The number of ether oxygens (including phenoxy) is 1. The Kier molecular flexibility index (Phi) is 4.68. The van der Waals surface area contributed by atoms with Crippen LogP contribution in [0.4, 0.5) is 11.6 Å². The lowest BCUT2D eigenvalue weighted by atomic mass is 10.1. The zero-order valence-corrected chi connectivity index (χ0v) is 11.1. The van der Waals surface area contributed by atoms with Crippen LogP contribution in [0.1, 0.15) is 11.7 Å². The highest BCUT2D eigenvalue weighted by Gasteiger charge is 2.07. The average Bonchev–Trinajstić information content (AvgIpc) is 2.42. The Bertz CT molecular complexity index is 534. The fraction of sp³-hybridized carbons (Fsp3) is 0.231. The van der Waals surface area contributed by atoms with Crippen LogP contribution < -0.4 is 5.32 Å². The van der Waals surface area contributed by atoms with Crippen molar-refractivity contribution in [3.8, 4) is 0 Å². The Labute approximate surface area is 116 Å². The van der Waals surface area contributed by atoms with Gasteiger partial charge in [-0.15, -0.1) is 0 Å². The summed E-state index contributed by atoms with van der Waals surface area (Å²) >= 11 is 5.72. The van der Waals surface area contributed by atoms with Crippen molar-refractivity contribution in [2.75, 3.05) is 19.0 Å². The molecule has 2 rings (SSSR count). The van der Waals surface area contributed by atoms with E-state index in [4.69, 9.17) is 16.3 Å². The van der Waals surface area contributed by atoms with Gasteiger partial charge in [-0.3, -0.25) is 0 Å². The van der Waals surface area contributed by atoms with Crippen molar-refractivity contribution in [2.24, 2.45) is 0 Å². The van der Waals surface area contributed by atoms with Crippen molar-refractivity contribution in [3.05, 3.63) is 47.2 Å². The number of methoxy groups -OCH3 is 1. The highest BCUT2D eigenvalue weighted by molar-refractivity contribution is 6.30. The minimum atomic E-state index is -0.655. The SMILES string of the molecule is COC[C@@H](O)c1cccc(Nc2ncc(Cl)cn2)c1. The van der Waals surface area contributed by atoms with E-state index in [1.807, 2.05) is 24.3 Å². The van der Waals surface area contributed by atoms with E-state index >= 15 is 0 Å². The predicted molar refractivity (Wildman–Crippen MR) is 73.6 cm³/mol. The molecule has 0 amide bonds. The highest BCUT2D eigenvalue weighted by Crippen LogP contribution is 2.20. The predicted octanol–water partition coefficient (Wildman–Crippen LogP) is 2.55. The lowest BCUT2D eigenvalue weighted by molar-refractivity contribution is 0.0644. The van der Waals surface area contributed by atoms with Gasteiger partial charge in [-0.2, -0.15) is 0 Å². The molecule has 0 unspecified atom stereocenters. The minimum absolute atomic E-state index is 0.251. The molecule has 0 radical (unpaired) electrons. The third-order valence-electron chi connectivity index (χ3n) is 2.47. The molecule has 0 aliphatic carbocycles. The van der Waals surface area contributed by atoms with E-state index in [2.05, 4.69) is 15.3 Å². The van der Waals surface area contributed by atoms with Gasteiger partial charge in [0, 0.05) is 12.8 Å². The van der Waals surface area contributed by atoms with Gasteiger partial charge < -0.3 is 15.2 Å². The van der Waals surface area contributed by atoms with Gasteiger partial charge in [0.05, 0.1) is 24.0 Å². The molecule has 100 valence electrons. The maximum atomic E-state index is 9.85. The number of hydrogen-bond donors (Lipinski definition) is 2. The van der Waals surface area contributed by atoms with E-state index in [-0.39, 0.29) is 6.61 Å². The van der Waals surface area contributed by atoms with Gasteiger partial charge in [-0.25, -0.2) is 9.97 Å². The number of hydrogen-bond acceptors (Lipinski definition) is 5. The number of rotatable bonds is 5. The van der Waals surface area contributed by atoms with Crippen LogP contribution in [-0.2, 0) is 4.74 Å². The normalized spacial score (nSPS) is 12.2. The molecule has 2 aromatic rings. The maximum Gasteiger partial charge on any atom is 0.227 e. The molecule has 1 aromatic heterocycles. The molecule has 19 heavy (non-hydrogen) atoms. The molecular formula is C13H14ClN3O2. The number of halogens is 1. The Morgan fingerprint density at radius 1 is 1.37 bits per heavy atom. The molecule has 2 N–H and O–H groups in total. The largest absolute Gasteiger partial charge is 0.386 e. The third-order valence-corrected chi connectivity index (χ3v) is 2.67. The Hall–Kier alpha value is -1.69. The first-order chi connectivity index (χ1) is 9.19. The van der Waals surface area contributed by atoms with Crippen LogP contribution in [0.2, 0.25) is 5.02 Å². The van der Waals surface area contributed by atoms with Crippen molar-refractivity contribution in [1.29, 1.82) is 0 Å². The summed E-state index contributed by atoms with van der Waals surface area (Å²) in [5.41, 5.74) is 1.55. The summed E-state index contributed by atoms with van der Waals surface area (Å²) in [7, 11) is 1.55. The van der Waals surface area contributed by atoms with Gasteiger partial charge in [-0.05, 0) is 17.7 Å². The summed E-state index contributed by atoms with van der Waals surface area (Å²) in [6.45, 7) is 0.251. The van der Waals surface area contributed by atoms with E-state index in [1.54, 1.807) is 7.11 Å². The molecule has 1 aromatic carbocycles. The summed E-state index contributed by atoms with van der Waals surface area (Å²) in [6.07, 6.45) is 2.37. The number of nitrogens with zero attached hydrogens (tertiary/aromatic N) is 2. The Morgan fingerprint density at radius 2 is 2.11 bits per heavy atom. The van der Waals surface area contributed by atoms with Gasteiger partial charge in [0.2, 0.25) is 5.95 Å². The summed E-state index contributed by atoms with van der Waals surface area (Å²) in [4.78, 5) is 8.09. The molecule has 0 saturated carbocycles. The van der Waals surface area contributed by atoms with Crippen LogP contribution in [0.15, 0.2) is 36.7 Å². The van der Waals surface area contributed by atoms with Crippen molar-refractivity contribution in [1.82, 2.24) is 9.97 Å². The second-order valence-corrected chi connectivity index (χ2v) is 4.38. The van der Waals surface area contributed by atoms with Crippen molar-refractivity contribution < 1.29 is 9.84 Å². The van der Waals surface area contributed by atoms with E-state index < -0.39 is 6.10 Å². The van der Waals surface area contributed by atoms with Crippen molar-refractivity contribution >= 4 is 23.2 Å². The van der Waals surface area contributed by atoms with Crippen LogP contribution in [0.25, 0.3) is 0 Å². The molecule has 0 fully saturated rings. The average molecular weight is 280 g/mol. The molecule has 0 aliphatic rings. The lowest BCUT2D eigenvalue weighted by Crippen LogP contribution is -2.05. The van der Waals surface area contributed by atoms with Gasteiger partial charge in [0.15, 0.2) is 0 Å². The van der Waals surface area contributed by atoms with Crippen LogP contribution in [0, 0.1) is 0 Å². The quantitative estimate of drug-likeness (QED) is 0.880. The van der Waals surface area contributed by atoms with Crippen LogP contribution in [0.5, 0.6) is 0 Å². The Morgan fingerprint density at radius 3 is 2.79 bits per heavy atom. The molecule has 1 atom stereocenters. The summed E-state index contributed by atoms with van der Waals surface area (Å²) in [5.74, 6) is 0.447. The van der Waals surface area contributed by atoms with Crippen LogP contribution in [-0.4, -0.2) is 28.8 Å². The van der Waals surface area contributed by atoms with E-state index in [9.17, 15) is 5.11 Å². The standard InChI is InChI=1S/C13H14ClN3O2/c1-19-8-12(18)9-3-2-4-11(5-9)17-13-15-6-10(14)7-16-13/h2-7,12,18H,8H2,1H3,(H,15,16,17)/t12-/m1/s1.